The third-order valence-electron chi connectivity index (χ3n) is 3.86. The Labute approximate surface area is 167 Å². The molecule has 0 saturated carbocycles. The van der Waals surface area contributed by atoms with Gasteiger partial charge in [0.15, 0.2) is 5.82 Å². The molecular formula is C17H11BrCl2N4O2. The van der Waals surface area contributed by atoms with Gasteiger partial charge in [0.2, 0.25) is 6.23 Å². The first-order chi connectivity index (χ1) is 12.3. The van der Waals surface area contributed by atoms with Crippen molar-refractivity contribution in [3.8, 4) is 5.82 Å². The fraction of sp³-hybridized carbons (Fsp3) is 0.176. The molecular weight excluding hydrogens is 443 g/mol. The van der Waals surface area contributed by atoms with E-state index in [1.54, 1.807) is 49.5 Å². The van der Waals surface area contributed by atoms with Crippen LogP contribution in [0.15, 0.2) is 57.8 Å². The van der Waals surface area contributed by atoms with Crippen molar-refractivity contribution in [2.24, 2.45) is 4.99 Å². The highest BCUT2D eigenvalue weighted by atomic mass is 79.9. The summed E-state index contributed by atoms with van der Waals surface area (Å²) in [6, 6.07) is 5.13. The van der Waals surface area contributed by atoms with Crippen LogP contribution in [0.1, 0.15) is 18.8 Å². The number of carbonyl (C=O) groups excluding carboxylic acids is 1. The molecule has 1 aliphatic heterocycles. The second kappa shape index (κ2) is 6.33. The SMILES string of the molecule is CC1(Cl)C=CC2=NC(c3cc(Br)nn3-c3ncccc3Cl)OC(=O)C2=C1. The van der Waals surface area contributed by atoms with Crippen LogP contribution < -0.4 is 0 Å². The van der Waals surface area contributed by atoms with E-state index in [1.165, 1.54) is 4.68 Å². The molecule has 2 atom stereocenters. The normalized spacial score (nSPS) is 24.6. The number of rotatable bonds is 2. The summed E-state index contributed by atoms with van der Waals surface area (Å²) in [7, 11) is 0. The van der Waals surface area contributed by atoms with Crippen molar-refractivity contribution in [3.63, 3.8) is 0 Å². The molecule has 0 aromatic carbocycles. The van der Waals surface area contributed by atoms with E-state index in [1.807, 2.05) is 0 Å². The Balaban J connectivity index is 1.80. The van der Waals surface area contributed by atoms with E-state index in [-0.39, 0.29) is 0 Å². The Kier molecular flexibility index (Phi) is 4.25. The largest absolute Gasteiger partial charge is 0.430 e. The van der Waals surface area contributed by atoms with E-state index in [9.17, 15) is 4.79 Å². The molecule has 0 fully saturated rings. The van der Waals surface area contributed by atoms with E-state index in [4.69, 9.17) is 27.9 Å². The summed E-state index contributed by atoms with van der Waals surface area (Å²) in [5, 5.41) is 4.75. The molecule has 6 nitrogen and oxygen atoms in total. The molecule has 2 aromatic heterocycles. The number of nitrogens with zero attached hydrogens (tertiary/aromatic N) is 4. The molecule has 0 radical (unpaired) electrons. The van der Waals surface area contributed by atoms with Gasteiger partial charge in [-0.05, 0) is 47.1 Å². The first kappa shape index (κ1) is 17.5. The fourth-order valence-electron chi connectivity index (χ4n) is 2.70. The number of hydrogen-bond acceptors (Lipinski definition) is 5. The number of cyclic esters (lactones) is 1. The number of alkyl halides is 1. The first-order valence-electron chi connectivity index (χ1n) is 7.60. The van der Waals surface area contributed by atoms with Crippen molar-refractivity contribution < 1.29 is 9.53 Å². The van der Waals surface area contributed by atoms with Crippen LogP contribution in [0.3, 0.4) is 0 Å². The summed E-state index contributed by atoms with van der Waals surface area (Å²) >= 11 is 15.8. The summed E-state index contributed by atoms with van der Waals surface area (Å²) in [6.07, 6.45) is 5.85. The third kappa shape index (κ3) is 3.11. The van der Waals surface area contributed by atoms with Gasteiger partial charge in [0.05, 0.1) is 21.2 Å². The Morgan fingerprint density at radius 3 is 3.00 bits per heavy atom. The van der Waals surface area contributed by atoms with Gasteiger partial charge >= 0.3 is 5.97 Å². The van der Waals surface area contributed by atoms with Crippen LogP contribution in [0.2, 0.25) is 5.02 Å². The highest BCUT2D eigenvalue weighted by Gasteiger charge is 2.34. The molecule has 4 rings (SSSR count). The topological polar surface area (TPSA) is 69.4 Å². The number of allylic oxidation sites excluding steroid dienone is 3. The number of esters is 1. The van der Waals surface area contributed by atoms with Crippen LogP contribution in [0.25, 0.3) is 5.82 Å². The quantitative estimate of drug-likeness (QED) is 0.505. The van der Waals surface area contributed by atoms with Crippen molar-refractivity contribution >= 4 is 50.8 Å². The molecule has 3 heterocycles. The van der Waals surface area contributed by atoms with Gasteiger partial charge in [-0.15, -0.1) is 11.6 Å². The standard InChI is InChI=1S/C17H11BrCl2N4O2/c1-17(20)5-4-11-9(8-17)16(25)26-15(22-11)12-7-13(18)23-24(12)14-10(19)3-2-6-21-14/h2-8,15H,1H3. The second-order valence-electron chi connectivity index (χ2n) is 5.93. The van der Waals surface area contributed by atoms with E-state index >= 15 is 0 Å². The van der Waals surface area contributed by atoms with Crippen LogP contribution in [-0.4, -0.2) is 31.3 Å². The smallest absolute Gasteiger partial charge is 0.342 e. The summed E-state index contributed by atoms with van der Waals surface area (Å²) in [4.78, 5) is 20.5. The Morgan fingerprint density at radius 2 is 2.23 bits per heavy atom. The average Bonchev–Trinajstić information content (AvgIpc) is 2.97. The van der Waals surface area contributed by atoms with Crippen molar-refractivity contribution in [2.75, 3.05) is 0 Å². The lowest BCUT2D eigenvalue weighted by Crippen LogP contribution is -2.29. The van der Waals surface area contributed by atoms with Gasteiger partial charge < -0.3 is 4.74 Å². The second-order valence-corrected chi connectivity index (χ2v) is 7.96. The number of carbonyl (C=O) groups is 1. The Hall–Kier alpha value is -1.96. The highest BCUT2D eigenvalue weighted by molar-refractivity contribution is 9.10. The van der Waals surface area contributed by atoms with Gasteiger partial charge in [-0.3, -0.25) is 0 Å². The Morgan fingerprint density at radius 1 is 1.42 bits per heavy atom. The molecule has 132 valence electrons. The van der Waals surface area contributed by atoms with Crippen LogP contribution >= 0.6 is 39.1 Å². The molecule has 2 unspecified atom stereocenters. The van der Waals surface area contributed by atoms with E-state index in [0.717, 1.165) is 0 Å². The number of pyridine rings is 1. The third-order valence-corrected chi connectivity index (χ3v) is 4.78. The van der Waals surface area contributed by atoms with E-state index < -0.39 is 17.1 Å². The molecule has 0 saturated heterocycles. The summed E-state index contributed by atoms with van der Waals surface area (Å²) < 4.78 is 7.55. The molecule has 26 heavy (non-hydrogen) atoms. The zero-order chi connectivity index (χ0) is 18.5. The predicted octanol–water partition coefficient (Wildman–Crippen LogP) is 4.17. The maximum atomic E-state index is 12.5. The zero-order valence-electron chi connectivity index (χ0n) is 13.4. The van der Waals surface area contributed by atoms with Gasteiger partial charge in [-0.1, -0.05) is 17.7 Å². The van der Waals surface area contributed by atoms with Crippen molar-refractivity contribution in [1.82, 2.24) is 14.8 Å². The molecule has 1 aliphatic carbocycles. The van der Waals surface area contributed by atoms with Gasteiger partial charge in [-0.2, -0.15) is 5.10 Å². The van der Waals surface area contributed by atoms with Gasteiger partial charge in [0.25, 0.3) is 0 Å². The first-order valence-corrected chi connectivity index (χ1v) is 9.15. The molecule has 0 N–H and O–H groups in total. The zero-order valence-corrected chi connectivity index (χ0v) is 16.5. The predicted molar refractivity (Wildman–Crippen MR) is 102 cm³/mol. The van der Waals surface area contributed by atoms with Crippen LogP contribution in [0.5, 0.6) is 0 Å². The number of aliphatic imine (C=N–C) groups is 1. The molecule has 0 bridgehead atoms. The van der Waals surface area contributed by atoms with Gasteiger partial charge in [-0.25, -0.2) is 19.5 Å². The number of halogens is 3. The lowest BCUT2D eigenvalue weighted by atomic mass is 9.95. The van der Waals surface area contributed by atoms with Crippen LogP contribution in [0, 0.1) is 0 Å². The van der Waals surface area contributed by atoms with E-state index in [2.05, 4.69) is 31.0 Å². The maximum absolute atomic E-state index is 12.5. The lowest BCUT2D eigenvalue weighted by molar-refractivity contribution is -0.144. The number of fused-ring (bicyclic) bond motifs is 1. The summed E-state index contributed by atoms with van der Waals surface area (Å²) in [5.41, 5.74) is 1.38. The monoisotopic (exact) mass is 452 g/mol. The van der Waals surface area contributed by atoms with Crippen LogP contribution in [0.4, 0.5) is 0 Å². The minimum atomic E-state index is -0.879. The molecule has 2 aromatic rings. The van der Waals surface area contributed by atoms with Gasteiger partial charge in [0, 0.05) is 12.3 Å². The van der Waals surface area contributed by atoms with E-state index in [0.29, 0.717) is 32.4 Å². The van der Waals surface area contributed by atoms with Crippen molar-refractivity contribution in [2.45, 2.75) is 18.0 Å². The number of ether oxygens (including phenoxy) is 1. The number of hydrogen-bond donors (Lipinski definition) is 0. The van der Waals surface area contributed by atoms with Crippen LogP contribution in [-0.2, 0) is 9.53 Å². The number of aromatic nitrogens is 3. The maximum Gasteiger partial charge on any atom is 0.342 e. The van der Waals surface area contributed by atoms with Gasteiger partial charge in [0.1, 0.15) is 10.3 Å². The summed E-state index contributed by atoms with van der Waals surface area (Å²) in [5.74, 6) is -0.0767. The molecule has 9 heteroatoms. The average molecular weight is 454 g/mol. The molecule has 0 spiro atoms. The fourth-order valence-corrected chi connectivity index (χ4v) is 3.47. The van der Waals surface area contributed by atoms with Crippen molar-refractivity contribution in [3.05, 3.63) is 63.5 Å². The minimum absolute atomic E-state index is 0.349. The summed E-state index contributed by atoms with van der Waals surface area (Å²) in [6.45, 7) is 1.78. The van der Waals surface area contributed by atoms with Crippen molar-refractivity contribution in [1.29, 1.82) is 0 Å². The Bertz CT molecular complexity index is 1010. The highest BCUT2D eigenvalue weighted by Crippen LogP contribution is 2.34. The lowest BCUT2D eigenvalue weighted by Gasteiger charge is -2.26. The molecule has 2 aliphatic rings. The minimum Gasteiger partial charge on any atom is -0.430 e. The molecule has 0 amide bonds.